The number of carbonyl (C=O) groups is 3. The number of aromatic nitrogens is 2. The summed E-state index contributed by atoms with van der Waals surface area (Å²) in [5.41, 5.74) is 0.191. The maximum absolute atomic E-state index is 11.8. The van der Waals surface area contributed by atoms with Gasteiger partial charge in [-0.25, -0.2) is 4.98 Å². The Bertz CT molecular complexity index is 1100. The molecule has 3 rings (SSSR count). The number of aryl methyl sites for hydroxylation is 1. The second kappa shape index (κ2) is 9.09. The molecule has 0 saturated carbocycles. The van der Waals surface area contributed by atoms with Crippen LogP contribution in [-0.4, -0.2) is 57.3 Å². The Balaban J connectivity index is 2.11. The minimum Gasteiger partial charge on any atom is -0.456 e. The Morgan fingerprint density at radius 2 is 1.75 bits per heavy atom. The highest BCUT2D eigenvalue weighted by Crippen LogP contribution is 2.37. The smallest absolute Gasteiger partial charge is 0.310 e. The van der Waals surface area contributed by atoms with Gasteiger partial charge in [-0.3, -0.25) is 24.5 Å². The van der Waals surface area contributed by atoms with E-state index in [0.717, 1.165) is 13.8 Å². The first-order valence-corrected chi connectivity index (χ1v) is 9.83. The van der Waals surface area contributed by atoms with Crippen LogP contribution >= 0.6 is 11.6 Å². The second-order valence-electron chi connectivity index (χ2n) is 7.11. The summed E-state index contributed by atoms with van der Waals surface area (Å²) in [6, 6.07) is 1.58. The number of esters is 3. The monoisotopic (exact) mass is 469 g/mol. The molecule has 1 aliphatic rings. The number of carbonyl (C=O) groups excluding carboxylic acids is 3. The molecule has 0 aliphatic carbocycles. The van der Waals surface area contributed by atoms with Crippen molar-refractivity contribution >= 4 is 46.2 Å². The van der Waals surface area contributed by atoms with Crippen LogP contribution in [-0.2, 0) is 33.3 Å². The molecular formula is C19H20ClN3O9. The Morgan fingerprint density at radius 1 is 1.16 bits per heavy atom. The van der Waals surface area contributed by atoms with Crippen LogP contribution in [0.3, 0.4) is 0 Å². The fraction of sp³-hybridized carbons (Fsp3) is 0.474. The van der Waals surface area contributed by atoms with Gasteiger partial charge in [0.25, 0.3) is 0 Å². The van der Waals surface area contributed by atoms with E-state index in [2.05, 4.69) is 4.98 Å². The standard InChI is InChI=1S/C19H20ClN3O9/c1-8-12-5-6-22(18(12)21-17(20)14(8)23(27)28)19-16(32-11(4)26)15(31-10(3)25)13(7-29-19)30-9(2)24/h5-6,13,15-16,19H,7H2,1-4H3/t13-,15-,16+,19+/m0/s1. The third kappa shape index (κ3) is 4.50. The SMILES string of the molecule is CC(=O)O[C@@H]1[C@@H](OC(C)=O)[C@H](n2ccc3c(C)c([N+](=O)[O-])c(Cl)nc32)OC[C@@H]1OC(C)=O. The fourth-order valence-electron chi connectivity index (χ4n) is 3.66. The van der Waals surface area contributed by atoms with Crippen molar-refractivity contribution in [1.82, 2.24) is 9.55 Å². The number of pyridine rings is 1. The molecular weight excluding hydrogens is 450 g/mol. The van der Waals surface area contributed by atoms with Crippen LogP contribution in [0.15, 0.2) is 12.3 Å². The molecule has 1 saturated heterocycles. The first kappa shape index (κ1) is 23.4. The number of nitrogens with zero attached hydrogens (tertiary/aromatic N) is 3. The van der Waals surface area contributed by atoms with Gasteiger partial charge in [-0.1, -0.05) is 11.6 Å². The Morgan fingerprint density at radius 3 is 2.31 bits per heavy atom. The van der Waals surface area contributed by atoms with Crippen LogP contribution in [0.1, 0.15) is 32.6 Å². The van der Waals surface area contributed by atoms with Gasteiger partial charge in [0.2, 0.25) is 5.15 Å². The van der Waals surface area contributed by atoms with Crippen molar-refractivity contribution in [2.24, 2.45) is 0 Å². The summed E-state index contributed by atoms with van der Waals surface area (Å²) in [5, 5.41) is 11.4. The number of fused-ring (bicyclic) bond motifs is 1. The van der Waals surface area contributed by atoms with Crippen molar-refractivity contribution in [3.8, 4) is 0 Å². The van der Waals surface area contributed by atoms with Crippen LogP contribution in [0.2, 0.25) is 5.15 Å². The normalized spacial score (nSPS) is 22.9. The lowest BCUT2D eigenvalue weighted by Crippen LogP contribution is -2.55. The summed E-state index contributed by atoms with van der Waals surface area (Å²) < 4.78 is 23.2. The number of rotatable bonds is 5. The topological polar surface area (TPSA) is 149 Å². The summed E-state index contributed by atoms with van der Waals surface area (Å²) in [4.78, 5) is 49.9. The van der Waals surface area contributed by atoms with Gasteiger partial charge in [0.1, 0.15) is 5.65 Å². The predicted octanol–water partition coefficient (Wildman–Crippen LogP) is 2.23. The van der Waals surface area contributed by atoms with Gasteiger partial charge in [-0.15, -0.1) is 0 Å². The molecule has 13 heteroatoms. The van der Waals surface area contributed by atoms with Crippen LogP contribution in [0.25, 0.3) is 11.0 Å². The van der Waals surface area contributed by atoms with Gasteiger partial charge in [-0.05, 0) is 13.0 Å². The molecule has 32 heavy (non-hydrogen) atoms. The summed E-state index contributed by atoms with van der Waals surface area (Å²) in [6.07, 6.45) is -2.95. The molecule has 3 heterocycles. The number of halogens is 1. The van der Waals surface area contributed by atoms with E-state index in [4.69, 9.17) is 30.5 Å². The van der Waals surface area contributed by atoms with Gasteiger partial charge in [0.15, 0.2) is 24.5 Å². The molecule has 12 nitrogen and oxygen atoms in total. The first-order chi connectivity index (χ1) is 15.0. The van der Waals surface area contributed by atoms with E-state index >= 15 is 0 Å². The molecule has 1 aliphatic heterocycles. The first-order valence-electron chi connectivity index (χ1n) is 9.45. The maximum Gasteiger partial charge on any atom is 0.310 e. The van der Waals surface area contributed by atoms with E-state index in [0.29, 0.717) is 5.39 Å². The molecule has 0 spiro atoms. The van der Waals surface area contributed by atoms with Gasteiger partial charge < -0.3 is 23.5 Å². The van der Waals surface area contributed by atoms with Crippen LogP contribution in [0.5, 0.6) is 0 Å². The van der Waals surface area contributed by atoms with Crippen molar-refractivity contribution in [3.05, 3.63) is 33.1 Å². The van der Waals surface area contributed by atoms with Gasteiger partial charge in [0, 0.05) is 37.9 Å². The van der Waals surface area contributed by atoms with E-state index in [-0.39, 0.29) is 28.7 Å². The Labute approximate surface area is 186 Å². The minimum atomic E-state index is -1.22. The van der Waals surface area contributed by atoms with Crippen molar-refractivity contribution in [2.45, 2.75) is 52.2 Å². The quantitative estimate of drug-likeness (QED) is 0.209. The third-order valence-corrected chi connectivity index (χ3v) is 5.09. The summed E-state index contributed by atoms with van der Waals surface area (Å²) in [6.45, 7) is 4.85. The predicted molar refractivity (Wildman–Crippen MR) is 108 cm³/mol. The van der Waals surface area contributed by atoms with Crippen LogP contribution in [0, 0.1) is 17.0 Å². The highest BCUT2D eigenvalue weighted by atomic mass is 35.5. The molecule has 0 bridgehead atoms. The number of hydrogen-bond donors (Lipinski definition) is 0. The van der Waals surface area contributed by atoms with Crippen molar-refractivity contribution in [2.75, 3.05) is 6.61 Å². The van der Waals surface area contributed by atoms with E-state index in [9.17, 15) is 24.5 Å². The number of hydrogen-bond acceptors (Lipinski definition) is 10. The zero-order valence-electron chi connectivity index (χ0n) is 17.6. The Kier molecular flexibility index (Phi) is 6.65. The highest BCUT2D eigenvalue weighted by Gasteiger charge is 2.48. The van der Waals surface area contributed by atoms with E-state index in [1.807, 2.05) is 0 Å². The molecule has 172 valence electrons. The minimum absolute atomic E-state index is 0.181. The second-order valence-corrected chi connectivity index (χ2v) is 7.47. The lowest BCUT2D eigenvalue weighted by atomic mass is 10.0. The molecule has 1 fully saturated rings. The lowest BCUT2D eigenvalue weighted by molar-refractivity contribution is -0.385. The molecule has 0 radical (unpaired) electrons. The van der Waals surface area contributed by atoms with Crippen molar-refractivity contribution < 1.29 is 38.3 Å². The number of nitro groups is 1. The summed E-state index contributed by atoms with van der Waals surface area (Å²) in [5.74, 6) is -2.02. The molecule has 0 amide bonds. The van der Waals surface area contributed by atoms with Crippen LogP contribution in [0.4, 0.5) is 5.69 Å². The molecule has 2 aromatic rings. The lowest BCUT2D eigenvalue weighted by Gasteiger charge is -2.41. The maximum atomic E-state index is 11.8. The molecule has 0 aromatic carbocycles. The molecule has 0 unspecified atom stereocenters. The largest absolute Gasteiger partial charge is 0.456 e. The van der Waals surface area contributed by atoms with E-state index in [1.54, 1.807) is 6.07 Å². The molecule has 2 aromatic heterocycles. The van der Waals surface area contributed by atoms with Crippen molar-refractivity contribution in [1.29, 1.82) is 0 Å². The van der Waals surface area contributed by atoms with E-state index < -0.39 is 47.4 Å². The van der Waals surface area contributed by atoms with Crippen molar-refractivity contribution in [3.63, 3.8) is 0 Å². The van der Waals surface area contributed by atoms with Gasteiger partial charge in [-0.2, -0.15) is 0 Å². The Hall–Kier alpha value is -3.25. The third-order valence-electron chi connectivity index (χ3n) is 4.83. The average molecular weight is 470 g/mol. The molecule has 4 atom stereocenters. The number of ether oxygens (including phenoxy) is 4. The van der Waals surface area contributed by atoms with Gasteiger partial charge >= 0.3 is 23.6 Å². The summed E-state index contributed by atoms with van der Waals surface area (Å²) >= 11 is 6.05. The fourth-order valence-corrected chi connectivity index (χ4v) is 3.95. The van der Waals surface area contributed by atoms with Crippen LogP contribution < -0.4 is 0 Å². The average Bonchev–Trinajstić information content (AvgIpc) is 3.07. The van der Waals surface area contributed by atoms with E-state index in [1.165, 1.54) is 24.6 Å². The molecule has 0 N–H and O–H groups in total. The zero-order valence-corrected chi connectivity index (χ0v) is 18.3. The zero-order chi connectivity index (χ0) is 23.7. The van der Waals surface area contributed by atoms with Gasteiger partial charge in [0.05, 0.1) is 11.5 Å². The highest BCUT2D eigenvalue weighted by molar-refractivity contribution is 6.32. The summed E-state index contributed by atoms with van der Waals surface area (Å²) in [7, 11) is 0.